The summed E-state index contributed by atoms with van der Waals surface area (Å²) < 4.78 is 5.50. The summed E-state index contributed by atoms with van der Waals surface area (Å²) in [6, 6.07) is 4.79. The Labute approximate surface area is 105 Å². The first-order valence-electron chi connectivity index (χ1n) is 7.05. The van der Waals surface area contributed by atoms with Gasteiger partial charge < -0.3 is 9.73 Å². The Morgan fingerprint density at radius 3 is 3.00 bits per heavy atom. The summed E-state index contributed by atoms with van der Waals surface area (Å²) in [7, 11) is 0. The van der Waals surface area contributed by atoms with Crippen LogP contribution in [-0.4, -0.2) is 12.6 Å². The molecule has 3 atom stereocenters. The van der Waals surface area contributed by atoms with Crippen LogP contribution in [0.3, 0.4) is 0 Å². The molecule has 0 amide bonds. The van der Waals surface area contributed by atoms with Gasteiger partial charge in [-0.25, -0.2) is 0 Å². The minimum absolute atomic E-state index is 0.691. The van der Waals surface area contributed by atoms with E-state index in [1.165, 1.54) is 25.7 Å². The number of hydrogen-bond donors (Lipinski definition) is 1. The number of furan rings is 1. The van der Waals surface area contributed by atoms with Gasteiger partial charge in [0.2, 0.25) is 0 Å². The largest absolute Gasteiger partial charge is 0.469 e. The van der Waals surface area contributed by atoms with Crippen molar-refractivity contribution in [3.63, 3.8) is 0 Å². The fourth-order valence-electron chi connectivity index (χ4n) is 3.01. The summed E-state index contributed by atoms with van der Waals surface area (Å²) in [6.45, 7) is 5.76. The van der Waals surface area contributed by atoms with Crippen molar-refractivity contribution in [1.29, 1.82) is 0 Å². The van der Waals surface area contributed by atoms with E-state index in [0.29, 0.717) is 6.04 Å². The van der Waals surface area contributed by atoms with Gasteiger partial charge in [-0.3, -0.25) is 0 Å². The molecule has 96 valence electrons. The molecule has 0 spiro atoms. The van der Waals surface area contributed by atoms with Crippen molar-refractivity contribution >= 4 is 0 Å². The van der Waals surface area contributed by atoms with Gasteiger partial charge in [0.15, 0.2) is 0 Å². The molecule has 1 heterocycles. The highest BCUT2D eigenvalue weighted by Crippen LogP contribution is 2.31. The van der Waals surface area contributed by atoms with Gasteiger partial charge in [0.25, 0.3) is 0 Å². The number of hydrogen-bond acceptors (Lipinski definition) is 2. The second kappa shape index (κ2) is 6.25. The Balaban J connectivity index is 1.93. The molecule has 2 rings (SSSR count). The van der Waals surface area contributed by atoms with Crippen molar-refractivity contribution in [1.82, 2.24) is 5.32 Å². The molecule has 1 aromatic rings. The Hall–Kier alpha value is -0.760. The van der Waals surface area contributed by atoms with Crippen molar-refractivity contribution in [2.24, 2.45) is 11.8 Å². The van der Waals surface area contributed by atoms with Crippen LogP contribution in [0, 0.1) is 11.8 Å². The normalized spacial score (nSPS) is 29.4. The van der Waals surface area contributed by atoms with E-state index >= 15 is 0 Å². The molecule has 3 unspecified atom stereocenters. The highest BCUT2D eigenvalue weighted by Gasteiger charge is 2.28. The van der Waals surface area contributed by atoms with Gasteiger partial charge in [-0.1, -0.05) is 13.8 Å². The molecule has 2 heteroatoms. The molecule has 0 aliphatic heterocycles. The minimum atomic E-state index is 0.691. The van der Waals surface area contributed by atoms with E-state index in [0.717, 1.165) is 30.6 Å². The molecule has 1 aliphatic carbocycles. The van der Waals surface area contributed by atoms with E-state index in [1.807, 2.05) is 6.07 Å². The smallest absolute Gasteiger partial charge is 0.104 e. The highest BCUT2D eigenvalue weighted by atomic mass is 16.3. The third-order valence-corrected chi connectivity index (χ3v) is 3.94. The van der Waals surface area contributed by atoms with Gasteiger partial charge in [0.1, 0.15) is 5.76 Å². The molecule has 0 saturated heterocycles. The summed E-state index contributed by atoms with van der Waals surface area (Å²) >= 11 is 0. The zero-order chi connectivity index (χ0) is 12.1. The fourth-order valence-corrected chi connectivity index (χ4v) is 3.01. The molecule has 0 bridgehead atoms. The molecule has 1 fully saturated rings. The maximum Gasteiger partial charge on any atom is 0.104 e. The van der Waals surface area contributed by atoms with Crippen LogP contribution >= 0.6 is 0 Å². The van der Waals surface area contributed by atoms with E-state index < -0.39 is 0 Å². The quantitative estimate of drug-likeness (QED) is 0.843. The topological polar surface area (TPSA) is 25.2 Å². The molecule has 0 radical (unpaired) electrons. The predicted molar refractivity (Wildman–Crippen MR) is 71.0 cm³/mol. The maximum atomic E-state index is 5.50. The van der Waals surface area contributed by atoms with Gasteiger partial charge in [0, 0.05) is 12.5 Å². The van der Waals surface area contributed by atoms with Crippen molar-refractivity contribution in [2.45, 2.75) is 52.0 Å². The van der Waals surface area contributed by atoms with Crippen LogP contribution in [0.4, 0.5) is 0 Å². The lowest BCUT2D eigenvalue weighted by atomic mass is 9.77. The van der Waals surface area contributed by atoms with Crippen molar-refractivity contribution in [3.05, 3.63) is 24.2 Å². The minimum Gasteiger partial charge on any atom is -0.469 e. The summed E-state index contributed by atoms with van der Waals surface area (Å²) in [6.07, 6.45) is 8.14. The summed E-state index contributed by atoms with van der Waals surface area (Å²) in [5.74, 6) is 2.76. The van der Waals surface area contributed by atoms with Crippen LogP contribution in [-0.2, 0) is 6.42 Å². The van der Waals surface area contributed by atoms with Gasteiger partial charge in [-0.05, 0) is 56.2 Å². The Morgan fingerprint density at radius 1 is 1.41 bits per heavy atom. The maximum absolute atomic E-state index is 5.50. The summed E-state index contributed by atoms with van der Waals surface area (Å²) in [4.78, 5) is 0. The predicted octanol–water partition coefficient (Wildman–Crippen LogP) is 3.63. The number of rotatable bonds is 5. The van der Waals surface area contributed by atoms with Crippen molar-refractivity contribution in [3.8, 4) is 0 Å². The second-order valence-corrected chi connectivity index (χ2v) is 5.52. The Bertz CT molecular complexity index is 305. The zero-order valence-electron chi connectivity index (χ0n) is 11.1. The van der Waals surface area contributed by atoms with Crippen LogP contribution in [0.15, 0.2) is 22.8 Å². The summed E-state index contributed by atoms with van der Waals surface area (Å²) in [5, 5.41) is 3.71. The van der Waals surface area contributed by atoms with Gasteiger partial charge in [0.05, 0.1) is 6.26 Å². The summed E-state index contributed by atoms with van der Waals surface area (Å²) in [5.41, 5.74) is 0. The van der Waals surface area contributed by atoms with E-state index in [1.54, 1.807) is 6.26 Å². The van der Waals surface area contributed by atoms with Crippen molar-refractivity contribution < 1.29 is 4.42 Å². The average Bonchev–Trinajstić information content (AvgIpc) is 2.81. The van der Waals surface area contributed by atoms with Crippen LogP contribution < -0.4 is 5.32 Å². The fraction of sp³-hybridized carbons (Fsp3) is 0.733. The molecule has 1 N–H and O–H groups in total. The Kier molecular flexibility index (Phi) is 4.66. The second-order valence-electron chi connectivity index (χ2n) is 5.52. The molecular weight excluding hydrogens is 210 g/mol. The molecule has 17 heavy (non-hydrogen) atoms. The van der Waals surface area contributed by atoms with Crippen molar-refractivity contribution in [2.75, 3.05) is 6.54 Å². The van der Waals surface area contributed by atoms with Gasteiger partial charge in [-0.2, -0.15) is 0 Å². The first-order valence-corrected chi connectivity index (χ1v) is 7.05. The molecule has 1 aliphatic rings. The molecule has 2 nitrogen and oxygen atoms in total. The Morgan fingerprint density at radius 2 is 2.29 bits per heavy atom. The van der Waals surface area contributed by atoms with Crippen LogP contribution in [0.5, 0.6) is 0 Å². The lowest BCUT2D eigenvalue weighted by Gasteiger charge is -2.35. The van der Waals surface area contributed by atoms with E-state index in [4.69, 9.17) is 4.42 Å². The highest BCUT2D eigenvalue weighted by molar-refractivity contribution is 5.01. The molecular formula is C15H25NO. The first-order chi connectivity index (χ1) is 8.29. The van der Waals surface area contributed by atoms with E-state index in [-0.39, 0.29) is 0 Å². The van der Waals surface area contributed by atoms with Gasteiger partial charge in [-0.15, -0.1) is 0 Å². The standard InChI is InChI=1S/C15H25NO/c1-3-8-16-15-7-6-12(2)10-13(15)11-14-5-4-9-17-14/h4-5,9,12-13,15-16H,3,6-8,10-11H2,1-2H3. The number of nitrogens with one attached hydrogen (secondary N) is 1. The zero-order valence-corrected chi connectivity index (χ0v) is 11.1. The van der Waals surface area contributed by atoms with Crippen LogP contribution in [0.2, 0.25) is 0 Å². The molecule has 0 aromatic carbocycles. The lowest BCUT2D eigenvalue weighted by Crippen LogP contribution is -2.41. The average molecular weight is 235 g/mol. The van der Waals surface area contributed by atoms with Crippen LogP contribution in [0.25, 0.3) is 0 Å². The van der Waals surface area contributed by atoms with E-state index in [9.17, 15) is 0 Å². The van der Waals surface area contributed by atoms with Gasteiger partial charge >= 0.3 is 0 Å². The monoisotopic (exact) mass is 235 g/mol. The first kappa shape index (κ1) is 12.7. The SMILES string of the molecule is CCCNC1CCC(C)CC1Cc1ccco1. The third-order valence-electron chi connectivity index (χ3n) is 3.94. The third kappa shape index (κ3) is 3.60. The lowest BCUT2D eigenvalue weighted by molar-refractivity contribution is 0.205. The van der Waals surface area contributed by atoms with Crippen LogP contribution in [0.1, 0.15) is 45.3 Å². The molecule has 1 aromatic heterocycles. The van der Waals surface area contributed by atoms with E-state index in [2.05, 4.69) is 25.2 Å². The molecule has 1 saturated carbocycles.